The number of halogens is 1. The number of nitrogens with zero attached hydrogens (tertiary/aromatic N) is 2. The Morgan fingerprint density at radius 3 is 2.48 bits per heavy atom. The van der Waals surface area contributed by atoms with Crippen molar-refractivity contribution in [2.75, 3.05) is 78.2 Å². The lowest BCUT2D eigenvalue weighted by molar-refractivity contribution is -0.136. The standard InChI is InChI=1S/C20H30FN3O5/c1-27-11-12-28-13-14-29-16-20(26)24-8-2-7-23(9-10-24)15-19(25)22-18-5-3-17(21)4-6-18/h3-6H,2,7-16H2,1H3,(H,22,25). The van der Waals surface area contributed by atoms with Gasteiger partial charge in [0.05, 0.1) is 33.0 Å². The van der Waals surface area contributed by atoms with E-state index in [1.807, 2.05) is 4.90 Å². The fourth-order valence-corrected chi connectivity index (χ4v) is 2.93. The summed E-state index contributed by atoms with van der Waals surface area (Å²) in [4.78, 5) is 28.3. The molecule has 0 radical (unpaired) electrons. The van der Waals surface area contributed by atoms with Crippen molar-refractivity contribution in [2.24, 2.45) is 0 Å². The summed E-state index contributed by atoms with van der Waals surface area (Å²) in [6.07, 6.45) is 0.787. The maximum atomic E-state index is 12.9. The van der Waals surface area contributed by atoms with Crippen LogP contribution in [0.1, 0.15) is 6.42 Å². The predicted molar refractivity (Wildman–Crippen MR) is 106 cm³/mol. The van der Waals surface area contributed by atoms with Gasteiger partial charge in [-0.1, -0.05) is 0 Å². The molecule has 1 aliphatic rings. The average molecular weight is 411 g/mol. The first-order valence-corrected chi connectivity index (χ1v) is 9.78. The van der Waals surface area contributed by atoms with Crippen molar-refractivity contribution in [3.63, 3.8) is 0 Å². The molecule has 0 bridgehead atoms. The number of methoxy groups -OCH3 is 1. The fraction of sp³-hybridized carbons (Fsp3) is 0.600. The normalized spacial score (nSPS) is 15.2. The van der Waals surface area contributed by atoms with Crippen LogP contribution in [-0.2, 0) is 23.8 Å². The predicted octanol–water partition coefficient (Wildman–Crippen LogP) is 0.978. The molecule has 1 saturated heterocycles. The van der Waals surface area contributed by atoms with Gasteiger partial charge in [-0.05, 0) is 30.7 Å². The average Bonchev–Trinajstić information content (AvgIpc) is 2.94. The number of ether oxygens (including phenoxy) is 3. The molecule has 0 saturated carbocycles. The summed E-state index contributed by atoms with van der Waals surface area (Å²) in [5.41, 5.74) is 0.561. The Balaban J connectivity index is 1.63. The molecule has 1 heterocycles. The van der Waals surface area contributed by atoms with E-state index in [2.05, 4.69) is 5.32 Å². The highest BCUT2D eigenvalue weighted by Crippen LogP contribution is 2.09. The molecular formula is C20H30FN3O5. The number of amides is 2. The first kappa shape index (κ1) is 23.2. The summed E-state index contributed by atoms with van der Waals surface area (Å²) >= 11 is 0. The van der Waals surface area contributed by atoms with Crippen molar-refractivity contribution in [2.45, 2.75) is 6.42 Å². The monoisotopic (exact) mass is 411 g/mol. The molecule has 0 unspecified atom stereocenters. The Hall–Kier alpha value is -2.07. The van der Waals surface area contributed by atoms with E-state index >= 15 is 0 Å². The molecule has 2 amide bonds. The van der Waals surface area contributed by atoms with Crippen molar-refractivity contribution >= 4 is 17.5 Å². The van der Waals surface area contributed by atoms with Crippen LogP contribution in [0, 0.1) is 5.82 Å². The fourth-order valence-electron chi connectivity index (χ4n) is 2.93. The minimum atomic E-state index is -0.345. The highest BCUT2D eigenvalue weighted by molar-refractivity contribution is 5.92. The molecule has 1 aromatic carbocycles. The van der Waals surface area contributed by atoms with Gasteiger partial charge in [0.25, 0.3) is 0 Å². The molecule has 2 rings (SSSR count). The van der Waals surface area contributed by atoms with Gasteiger partial charge in [0.2, 0.25) is 11.8 Å². The summed E-state index contributed by atoms with van der Waals surface area (Å²) in [5.74, 6) is -0.560. The van der Waals surface area contributed by atoms with Crippen LogP contribution in [0.5, 0.6) is 0 Å². The van der Waals surface area contributed by atoms with Gasteiger partial charge >= 0.3 is 0 Å². The number of carbonyl (C=O) groups is 2. The Bertz CT molecular complexity index is 629. The second-order valence-electron chi connectivity index (χ2n) is 6.72. The Labute approximate surface area is 170 Å². The number of rotatable bonds is 11. The van der Waals surface area contributed by atoms with Crippen molar-refractivity contribution in [3.05, 3.63) is 30.1 Å². The Morgan fingerprint density at radius 2 is 1.72 bits per heavy atom. The zero-order chi connectivity index (χ0) is 20.9. The Morgan fingerprint density at radius 1 is 1.00 bits per heavy atom. The molecule has 0 atom stereocenters. The third kappa shape index (κ3) is 9.31. The quantitative estimate of drug-likeness (QED) is 0.547. The molecule has 1 N–H and O–H groups in total. The van der Waals surface area contributed by atoms with Crippen LogP contribution in [0.25, 0.3) is 0 Å². The van der Waals surface area contributed by atoms with E-state index in [9.17, 15) is 14.0 Å². The van der Waals surface area contributed by atoms with E-state index in [0.717, 1.165) is 13.0 Å². The number of nitrogens with one attached hydrogen (secondary N) is 1. The van der Waals surface area contributed by atoms with Crippen molar-refractivity contribution in [3.8, 4) is 0 Å². The van der Waals surface area contributed by atoms with Crippen LogP contribution in [0.2, 0.25) is 0 Å². The summed E-state index contributed by atoms with van der Waals surface area (Å²) in [6.45, 7) is 4.62. The van der Waals surface area contributed by atoms with Crippen LogP contribution in [-0.4, -0.2) is 94.5 Å². The lowest BCUT2D eigenvalue weighted by Crippen LogP contribution is -2.39. The highest BCUT2D eigenvalue weighted by atomic mass is 19.1. The van der Waals surface area contributed by atoms with Crippen molar-refractivity contribution in [1.82, 2.24) is 9.80 Å². The lowest BCUT2D eigenvalue weighted by Gasteiger charge is -2.21. The lowest BCUT2D eigenvalue weighted by atomic mass is 10.3. The van der Waals surface area contributed by atoms with E-state index < -0.39 is 0 Å². The first-order chi connectivity index (χ1) is 14.1. The maximum absolute atomic E-state index is 12.9. The molecule has 1 aromatic rings. The largest absolute Gasteiger partial charge is 0.382 e. The van der Waals surface area contributed by atoms with Crippen molar-refractivity contribution in [1.29, 1.82) is 0 Å². The van der Waals surface area contributed by atoms with Gasteiger partial charge in [0, 0.05) is 39.0 Å². The molecular weight excluding hydrogens is 381 g/mol. The molecule has 9 heteroatoms. The van der Waals surface area contributed by atoms with Crippen LogP contribution >= 0.6 is 0 Å². The molecule has 0 aliphatic carbocycles. The number of hydrogen-bond donors (Lipinski definition) is 1. The van der Waals surface area contributed by atoms with Crippen LogP contribution in [0.15, 0.2) is 24.3 Å². The van der Waals surface area contributed by atoms with Crippen LogP contribution in [0.4, 0.5) is 10.1 Å². The number of benzene rings is 1. The summed E-state index contributed by atoms with van der Waals surface area (Å²) < 4.78 is 28.5. The van der Waals surface area contributed by atoms with E-state index in [1.165, 1.54) is 24.3 Å². The summed E-state index contributed by atoms with van der Waals surface area (Å²) in [5, 5.41) is 2.76. The molecule has 162 valence electrons. The molecule has 0 spiro atoms. The minimum Gasteiger partial charge on any atom is -0.382 e. The second kappa shape index (κ2) is 13.2. The van der Waals surface area contributed by atoms with Gasteiger partial charge < -0.3 is 24.4 Å². The first-order valence-electron chi connectivity index (χ1n) is 9.78. The van der Waals surface area contributed by atoms with Gasteiger partial charge in [-0.3, -0.25) is 14.5 Å². The minimum absolute atomic E-state index is 0.0265. The highest BCUT2D eigenvalue weighted by Gasteiger charge is 2.20. The molecule has 8 nitrogen and oxygen atoms in total. The molecule has 29 heavy (non-hydrogen) atoms. The van der Waals surface area contributed by atoms with E-state index in [1.54, 1.807) is 12.0 Å². The number of hydrogen-bond acceptors (Lipinski definition) is 6. The van der Waals surface area contributed by atoms with E-state index in [4.69, 9.17) is 14.2 Å². The molecule has 1 aliphatic heterocycles. The second-order valence-corrected chi connectivity index (χ2v) is 6.72. The zero-order valence-electron chi connectivity index (χ0n) is 16.9. The van der Waals surface area contributed by atoms with E-state index in [-0.39, 0.29) is 30.8 Å². The third-order valence-corrected chi connectivity index (χ3v) is 4.47. The number of anilines is 1. The van der Waals surface area contributed by atoms with Gasteiger partial charge in [-0.15, -0.1) is 0 Å². The van der Waals surface area contributed by atoms with Crippen LogP contribution < -0.4 is 5.32 Å². The third-order valence-electron chi connectivity index (χ3n) is 4.47. The van der Waals surface area contributed by atoms with E-state index in [0.29, 0.717) is 51.7 Å². The van der Waals surface area contributed by atoms with Gasteiger partial charge in [0.1, 0.15) is 12.4 Å². The summed E-state index contributed by atoms with van der Waals surface area (Å²) in [7, 11) is 1.61. The van der Waals surface area contributed by atoms with Gasteiger partial charge in [-0.25, -0.2) is 4.39 Å². The van der Waals surface area contributed by atoms with Crippen LogP contribution in [0.3, 0.4) is 0 Å². The maximum Gasteiger partial charge on any atom is 0.248 e. The molecule has 0 aromatic heterocycles. The van der Waals surface area contributed by atoms with Gasteiger partial charge in [-0.2, -0.15) is 0 Å². The van der Waals surface area contributed by atoms with Gasteiger partial charge in [0.15, 0.2) is 0 Å². The SMILES string of the molecule is COCCOCCOCC(=O)N1CCCN(CC(=O)Nc2ccc(F)cc2)CC1. The smallest absolute Gasteiger partial charge is 0.248 e. The zero-order valence-corrected chi connectivity index (χ0v) is 16.9. The summed E-state index contributed by atoms with van der Waals surface area (Å²) in [6, 6.07) is 5.66. The number of carbonyl (C=O) groups excluding carboxylic acids is 2. The van der Waals surface area contributed by atoms with Crippen molar-refractivity contribution < 1.29 is 28.2 Å². The Kier molecular flexibility index (Phi) is 10.6. The molecule has 1 fully saturated rings. The topological polar surface area (TPSA) is 80.3 Å².